The number of nitrogens with zero attached hydrogens (tertiary/aromatic N) is 1. The van der Waals surface area contributed by atoms with Crippen molar-refractivity contribution < 1.29 is 9.47 Å². The van der Waals surface area contributed by atoms with Gasteiger partial charge in [0.15, 0.2) is 5.17 Å². The minimum atomic E-state index is 0.210. The number of amidine groups is 1. The summed E-state index contributed by atoms with van der Waals surface area (Å²) in [5.74, 6) is 0.439. The van der Waals surface area contributed by atoms with Gasteiger partial charge in [-0.25, -0.2) is 4.99 Å². The van der Waals surface area contributed by atoms with E-state index in [1.54, 1.807) is 14.2 Å². The molecule has 1 aliphatic rings. The molecular formula is C11H21N3O2S. The summed E-state index contributed by atoms with van der Waals surface area (Å²) in [6, 6.07) is 0. The molecular weight excluding hydrogens is 238 g/mol. The smallest absolute Gasteiger partial charge is 0.159 e. The monoisotopic (exact) mass is 259 g/mol. The van der Waals surface area contributed by atoms with E-state index in [1.807, 2.05) is 0 Å². The lowest BCUT2D eigenvalue weighted by molar-refractivity contribution is -0.0395. The lowest BCUT2D eigenvalue weighted by Gasteiger charge is -2.34. The van der Waals surface area contributed by atoms with Crippen molar-refractivity contribution in [3.8, 4) is 0 Å². The van der Waals surface area contributed by atoms with Gasteiger partial charge < -0.3 is 14.8 Å². The van der Waals surface area contributed by atoms with Crippen molar-refractivity contribution in [2.45, 2.75) is 31.5 Å². The molecule has 1 fully saturated rings. The Morgan fingerprint density at radius 1 is 1.47 bits per heavy atom. The predicted molar refractivity (Wildman–Crippen MR) is 72.1 cm³/mol. The largest absolute Gasteiger partial charge is 0.381 e. The van der Waals surface area contributed by atoms with Crippen LogP contribution in [0.25, 0.3) is 0 Å². The highest BCUT2D eigenvalue weighted by Gasteiger charge is 2.30. The van der Waals surface area contributed by atoms with Crippen LogP contribution in [0.15, 0.2) is 4.99 Å². The minimum Gasteiger partial charge on any atom is -0.381 e. The third-order valence-electron chi connectivity index (χ3n) is 3.23. The van der Waals surface area contributed by atoms with Gasteiger partial charge in [-0.15, -0.1) is 12.6 Å². The van der Waals surface area contributed by atoms with Gasteiger partial charge in [0.05, 0.1) is 12.2 Å². The highest BCUT2D eigenvalue weighted by molar-refractivity contribution is 7.96. The maximum atomic E-state index is 6.84. The number of ether oxygens (including phenoxy) is 2. The molecule has 0 aromatic carbocycles. The number of hydrogen-bond donors (Lipinski definition) is 3. The highest BCUT2D eigenvalue weighted by atomic mass is 32.1. The van der Waals surface area contributed by atoms with Crippen LogP contribution in [-0.4, -0.2) is 44.5 Å². The van der Waals surface area contributed by atoms with Crippen LogP contribution in [0.2, 0.25) is 0 Å². The molecule has 3 atom stereocenters. The Balaban J connectivity index is 2.42. The second-order valence-corrected chi connectivity index (χ2v) is 4.59. The summed E-state index contributed by atoms with van der Waals surface area (Å²) in [6.07, 6.45) is 4.56. The van der Waals surface area contributed by atoms with Gasteiger partial charge in [0.1, 0.15) is 6.34 Å². The zero-order valence-corrected chi connectivity index (χ0v) is 11.2. The van der Waals surface area contributed by atoms with Gasteiger partial charge in [0, 0.05) is 33.1 Å². The second kappa shape index (κ2) is 7.68. The van der Waals surface area contributed by atoms with E-state index < -0.39 is 0 Å². The summed E-state index contributed by atoms with van der Waals surface area (Å²) in [5.41, 5.74) is 0. The number of thiol groups is 1. The Bertz CT molecular complexity index is 273. The van der Waals surface area contributed by atoms with Crippen molar-refractivity contribution >= 4 is 24.1 Å². The molecule has 1 aliphatic carbocycles. The summed E-state index contributed by atoms with van der Waals surface area (Å²) >= 11 is 4.13. The Hall–Kier alpha value is -0.590. The molecule has 2 N–H and O–H groups in total. The van der Waals surface area contributed by atoms with Crippen molar-refractivity contribution in [3.63, 3.8) is 0 Å². The number of hydrogen-bond acceptors (Lipinski definition) is 3. The molecule has 0 bridgehead atoms. The van der Waals surface area contributed by atoms with E-state index >= 15 is 0 Å². The molecule has 0 amide bonds. The maximum Gasteiger partial charge on any atom is 0.159 e. The van der Waals surface area contributed by atoms with Gasteiger partial charge in [0.25, 0.3) is 0 Å². The van der Waals surface area contributed by atoms with Crippen molar-refractivity contribution in [2.75, 3.05) is 20.8 Å². The van der Waals surface area contributed by atoms with Crippen LogP contribution in [0, 0.1) is 11.3 Å². The predicted octanol–water partition coefficient (Wildman–Crippen LogP) is 1.30. The van der Waals surface area contributed by atoms with E-state index in [2.05, 4.69) is 22.9 Å². The van der Waals surface area contributed by atoms with Gasteiger partial charge in [0.2, 0.25) is 0 Å². The average molecular weight is 259 g/mol. The Labute approximate surface area is 108 Å². The van der Waals surface area contributed by atoms with Crippen molar-refractivity contribution in [1.82, 2.24) is 5.32 Å². The van der Waals surface area contributed by atoms with Crippen LogP contribution in [-0.2, 0) is 9.47 Å². The first-order valence-electron chi connectivity index (χ1n) is 5.76. The standard InChI is InChI=1S/C11H21N3O2S/c1-15-9-4-3-8(10(5-9)16-2)6-13-11(17)14-7-12/h7-10H,3-6H2,1-2H3,(H3,12,13,14,17). The SMILES string of the molecule is COC1CCC(CN/C(S)=N/C=N)C(OC)C1. The summed E-state index contributed by atoms with van der Waals surface area (Å²) in [4.78, 5) is 3.74. The normalized spacial score (nSPS) is 30.1. The van der Waals surface area contributed by atoms with E-state index in [1.165, 1.54) is 0 Å². The first kappa shape index (κ1) is 14.5. The van der Waals surface area contributed by atoms with Crippen LogP contribution in [0.1, 0.15) is 19.3 Å². The van der Waals surface area contributed by atoms with Gasteiger partial charge in [-0.2, -0.15) is 0 Å². The second-order valence-electron chi connectivity index (χ2n) is 4.17. The molecule has 0 aromatic heterocycles. The van der Waals surface area contributed by atoms with E-state index in [0.29, 0.717) is 17.2 Å². The Morgan fingerprint density at radius 3 is 2.82 bits per heavy atom. The molecule has 98 valence electrons. The van der Waals surface area contributed by atoms with Gasteiger partial charge in [-0.3, -0.25) is 5.41 Å². The number of rotatable bonds is 5. The fourth-order valence-electron chi connectivity index (χ4n) is 2.22. The van der Waals surface area contributed by atoms with Gasteiger partial charge in [-0.05, 0) is 12.8 Å². The number of nitrogens with one attached hydrogen (secondary N) is 2. The van der Waals surface area contributed by atoms with Crippen LogP contribution in [0.5, 0.6) is 0 Å². The van der Waals surface area contributed by atoms with E-state index in [9.17, 15) is 0 Å². The quantitative estimate of drug-likeness (QED) is 0.396. The topological polar surface area (TPSA) is 66.7 Å². The maximum absolute atomic E-state index is 6.84. The summed E-state index contributed by atoms with van der Waals surface area (Å²) in [6.45, 7) is 0.769. The molecule has 0 radical (unpaired) electrons. The zero-order valence-electron chi connectivity index (χ0n) is 10.3. The molecule has 17 heavy (non-hydrogen) atoms. The first-order valence-corrected chi connectivity index (χ1v) is 6.21. The fourth-order valence-corrected chi connectivity index (χ4v) is 2.37. The van der Waals surface area contributed by atoms with E-state index in [4.69, 9.17) is 14.9 Å². The molecule has 6 heteroatoms. The molecule has 0 aliphatic heterocycles. The van der Waals surface area contributed by atoms with Crippen LogP contribution < -0.4 is 5.32 Å². The Kier molecular flexibility index (Phi) is 6.54. The Morgan fingerprint density at radius 2 is 2.24 bits per heavy atom. The molecule has 3 unspecified atom stereocenters. The van der Waals surface area contributed by atoms with Crippen LogP contribution in [0.3, 0.4) is 0 Å². The van der Waals surface area contributed by atoms with E-state index in [-0.39, 0.29) is 6.10 Å². The highest BCUT2D eigenvalue weighted by Crippen LogP contribution is 2.27. The third kappa shape index (κ3) is 4.65. The van der Waals surface area contributed by atoms with Gasteiger partial charge in [-0.1, -0.05) is 0 Å². The summed E-state index contributed by atoms with van der Waals surface area (Å²) in [5, 5.41) is 10.4. The van der Waals surface area contributed by atoms with Crippen molar-refractivity contribution in [1.29, 1.82) is 5.41 Å². The first-order chi connectivity index (χ1) is 8.21. The molecule has 0 saturated heterocycles. The number of aliphatic imine (C=N–C) groups is 1. The van der Waals surface area contributed by atoms with Gasteiger partial charge >= 0.3 is 0 Å². The lowest BCUT2D eigenvalue weighted by atomic mass is 9.84. The average Bonchev–Trinajstić information content (AvgIpc) is 2.36. The summed E-state index contributed by atoms with van der Waals surface area (Å²) < 4.78 is 10.9. The number of methoxy groups -OCH3 is 2. The third-order valence-corrected chi connectivity index (χ3v) is 3.50. The van der Waals surface area contributed by atoms with Crippen molar-refractivity contribution in [2.24, 2.45) is 10.9 Å². The van der Waals surface area contributed by atoms with Crippen molar-refractivity contribution in [3.05, 3.63) is 0 Å². The van der Waals surface area contributed by atoms with E-state index in [0.717, 1.165) is 32.1 Å². The lowest BCUT2D eigenvalue weighted by Crippen LogP contribution is -2.40. The zero-order chi connectivity index (χ0) is 12.7. The molecule has 0 heterocycles. The molecule has 1 rings (SSSR count). The fraction of sp³-hybridized carbons (Fsp3) is 0.818. The molecule has 0 spiro atoms. The molecule has 0 aromatic rings. The van der Waals surface area contributed by atoms with Crippen LogP contribution in [0.4, 0.5) is 0 Å². The molecule has 5 nitrogen and oxygen atoms in total. The molecule has 1 saturated carbocycles. The van der Waals surface area contributed by atoms with Crippen LogP contribution >= 0.6 is 12.6 Å². The summed E-state index contributed by atoms with van der Waals surface area (Å²) in [7, 11) is 3.49. The minimum absolute atomic E-state index is 0.210.